The van der Waals surface area contributed by atoms with Gasteiger partial charge in [0.05, 0.1) is 6.61 Å². The van der Waals surface area contributed by atoms with Gasteiger partial charge >= 0.3 is 0 Å². The first-order chi connectivity index (χ1) is 5.65. The summed E-state index contributed by atoms with van der Waals surface area (Å²) in [5.41, 5.74) is 0. The van der Waals surface area contributed by atoms with E-state index in [1.165, 1.54) is 6.42 Å². The molecule has 74 valence electrons. The molecule has 0 amide bonds. The molecular weight excluding hydrogens is 150 g/mol. The van der Waals surface area contributed by atoms with Crippen LogP contribution in [0.3, 0.4) is 0 Å². The van der Waals surface area contributed by atoms with Gasteiger partial charge < -0.3 is 10.4 Å². The molecule has 0 aliphatic heterocycles. The standard InChI is InChI=1S/C10H23NO/c1-5-8(3)9(4)11-10(6-2)7-12/h8-12H,5-7H2,1-4H3. The summed E-state index contributed by atoms with van der Waals surface area (Å²) in [6.07, 6.45) is 2.19. The van der Waals surface area contributed by atoms with Crippen molar-refractivity contribution in [2.45, 2.75) is 52.6 Å². The lowest BCUT2D eigenvalue weighted by molar-refractivity contribution is 0.216. The molecule has 0 spiro atoms. The third kappa shape index (κ3) is 4.07. The van der Waals surface area contributed by atoms with Crippen molar-refractivity contribution in [2.75, 3.05) is 6.61 Å². The number of nitrogens with one attached hydrogen (secondary N) is 1. The van der Waals surface area contributed by atoms with Crippen LogP contribution in [0.15, 0.2) is 0 Å². The van der Waals surface area contributed by atoms with Crippen LogP contribution in [0, 0.1) is 5.92 Å². The molecule has 2 N–H and O–H groups in total. The van der Waals surface area contributed by atoms with Gasteiger partial charge in [-0.2, -0.15) is 0 Å². The maximum Gasteiger partial charge on any atom is 0.0584 e. The smallest absolute Gasteiger partial charge is 0.0584 e. The Bertz CT molecular complexity index is 102. The third-order valence-electron chi connectivity index (χ3n) is 2.71. The molecule has 0 saturated heterocycles. The number of rotatable bonds is 6. The van der Waals surface area contributed by atoms with Crippen molar-refractivity contribution in [3.05, 3.63) is 0 Å². The second kappa shape index (κ2) is 6.44. The monoisotopic (exact) mass is 173 g/mol. The van der Waals surface area contributed by atoms with Gasteiger partial charge in [0.2, 0.25) is 0 Å². The first-order valence-electron chi connectivity index (χ1n) is 5.02. The van der Waals surface area contributed by atoms with Crippen LogP contribution in [-0.4, -0.2) is 23.8 Å². The van der Waals surface area contributed by atoms with E-state index < -0.39 is 0 Å². The topological polar surface area (TPSA) is 32.3 Å². The highest BCUT2D eigenvalue weighted by molar-refractivity contribution is 4.72. The van der Waals surface area contributed by atoms with E-state index in [1.807, 2.05) is 0 Å². The predicted molar refractivity (Wildman–Crippen MR) is 53.2 cm³/mol. The fraction of sp³-hybridized carbons (Fsp3) is 1.00. The highest BCUT2D eigenvalue weighted by atomic mass is 16.3. The summed E-state index contributed by atoms with van der Waals surface area (Å²) in [5, 5.41) is 12.4. The molecule has 0 heterocycles. The van der Waals surface area contributed by atoms with E-state index in [1.54, 1.807) is 0 Å². The largest absolute Gasteiger partial charge is 0.395 e. The molecule has 0 aliphatic carbocycles. The molecule has 0 fully saturated rings. The zero-order valence-electron chi connectivity index (χ0n) is 8.80. The highest BCUT2D eigenvalue weighted by Gasteiger charge is 2.13. The summed E-state index contributed by atoms with van der Waals surface area (Å²) in [4.78, 5) is 0. The van der Waals surface area contributed by atoms with Gasteiger partial charge in [-0.25, -0.2) is 0 Å². The molecule has 0 aromatic carbocycles. The van der Waals surface area contributed by atoms with Gasteiger partial charge in [-0.15, -0.1) is 0 Å². The van der Waals surface area contributed by atoms with E-state index in [4.69, 9.17) is 5.11 Å². The maximum atomic E-state index is 8.97. The maximum absolute atomic E-state index is 8.97. The molecule has 12 heavy (non-hydrogen) atoms. The summed E-state index contributed by atoms with van der Waals surface area (Å²) in [6.45, 7) is 8.96. The lowest BCUT2D eigenvalue weighted by Crippen LogP contribution is -2.41. The van der Waals surface area contributed by atoms with Crippen molar-refractivity contribution >= 4 is 0 Å². The summed E-state index contributed by atoms with van der Waals surface area (Å²) in [7, 11) is 0. The average molecular weight is 173 g/mol. The van der Waals surface area contributed by atoms with Crippen LogP contribution < -0.4 is 5.32 Å². The molecule has 3 unspecified atom stereocenters. The number of hydrogen-bond acceptors (Lipinski definition) is 2. The molecule has 0 saturated carbocycles. The van der Waals surface area contributed by atoms with E-state index in [0.29, 0.717) is 12.0 Å². The van der Waals surface area contributed by atoms with Gasteiger partial charge in [-0.3, -0.25) is 0 Å². The Labute approximate surface area is 76.4 Å². The Kier molecular flexibility index (Phi) is 6.39. The van der Waals surface area contributed by atoms with Gasteiger partial charge in [0.25, 0.3) is 0 Å². The lowest BCUT2D eigenvalue weighted by Gasteiger charge is -2.24. The summed E-state index contributed by atoms with van der Waals surface area (Å²) in [6, 6.07) is 0.779. The predicted octanol–water partition coefficient (Wildman–Crippen LogP) is 1.78. The molecule has 0 bridgehead atoms. The second-order valence-corrected chi connectivity index (χ2v) is 3.63. The molecule has 2 heteroatoms. The minimum absolute atomic E-state index is 0.247. The summed E-state index contributed by atoms with van der Waals surface area (Å²) >= 11 is 0. The molecule has 0 aromatic rings. The Hall–Kier alpha value is -0.0800. The number of hydrogen-bond donors (Lipinski definition) is 2. The Balaban J connectivity index is 3.72. The highest BCUT2D eigenvalue weighted by Crippen LogP contribution is 2.07. The SMILES string of the molecule is CCC(CO)NC(C)C(C)CC. The van der Waals surface area contributed by atoms with Crippen molar-refractivity contribution in [3.8, 4) is 0 Å². The quantitative estimate of drug-likeness (QED) is 0.641. The van der Waals surface area contributed by atoms with Gasteiger partial charge in [-0.1, -0.05) is 27.2 Å². The fourth-order valence-electron chi connectivity index (χ4n) is 1.19. The Morgan fingerprint density at radius 1 is 1.17 bits per heavy atom. The zero-order chi connectivity index (χ0) is 9.56. The van der Waals surface area contributed by atoms with Crippen LogP contribution in [0.4, 0.5) is 0 Å². The van der Waals surface area contributed by atoms with Crippen molar-refractivity contribution in [3.63, 3.8) is 0 Å². The molecule has 0 aliphatic rings. The first kappa shape index (κ1) is 11.9. The molecule has 0 radical (unpaired) electrons. The van der Waals surface area contributed by atoms with Gasteiger partial charge in [0.1, 0.15) is 0 Å². The molecular formula is C10H23NO. The van der Waals surface area contributed by atoms with Crippen LogP contribution in [0.25, 0.3) is 0 Å². The van der Waals surface area contributed by atoms with E-state index >= 15 is 0 Å². The third-order valence-corrected chi connectivity index (χ3v) is 2.71. The lowest BCUT2D eigenvalue weighted by atomic mass is 10.00. The van der Waals surface area contributed by atoms with Gasteiger partial charge in [0.15, 0.2) is 0 Å². The summed E-state index contributed by atoms with van der Waals surface area (Å²) in [5.74, 6) is 0.686. The molecule has 0 rings (SSSR count). The van der Waals surface area contributed by atoms with Crippen molar-refractivity contribution in [2.24, 2.45) is 5.92 Å². The Morgan fingerprint density at radius 3 is 2.08 bits per heavy atom. The normalized spacial score (nSPS) is 18.8. The molecule has 2 nitrogen and oxygen atoms in total. The molecule has 3 atom stereocenters. The van der Waals surface area contributed by atoms with Crippen LogP contribution in [0.2, 0.25) is 0 Å². The number of aliphatic hydroxyl groups is 1. The minimum Gasteiger partial charge on any atom is -0.395 e. The summed E-state index contributed by atoms with van der Waals surface area (Å²) < 4.78 is 0. The van der Waals surface area contributed by atoms with Gasteiger partial charge in [0, 0.05) is 12.1 Å². The van der Waals surface area contributed by atoms with E-state index in [2.05, 4.69) is 33.0 Å². The fourth-order valence-corrected chi connectivity index (χ4v) is 1.19. The number of aliphatic hydroxyl groups excluding tert-OH is 1. The van der Waals surface area contributed by atoms with E-state index in [9.17, 15) is 0 Å². The average Bonchev–Trinajstić information content (AvgIpc) is 2.12. The second-order valence-electron chi connectivity index (χ2n) is 3.63. The van der Waals surface area contributed by atoms with Crippen molar-refractivity contribution in [1.29, 1.82) is 0 Å². The van der Waals surface area contributed by atoms with Crippen LogP contribution in [0.1, 0.15) is 40.5 Å². The Morgan fingerprint density at radius 2 is 1.75 bits per heavy atom. The van der Waals surface area contributed by atoms with E-state index in [0.717, 1.165) is 6.42 Å². The van der Waals surface area contributed by atoms with Crippen LogP contribution >= 0.6 is 0 Å². The van der Waals surface area contributed by atoms with Crippen molar-refractivity contribution < 1.29 is 5.11 Å². The van der Waals surface area contributed by atoms with Gasteiger partial charge in [-0.05, 0) is 19.3 Å². The minimum atomic E-state index is 0.247. The zero-order valence-corrected chi connectivity index (χ0v) is 8.80. The first-order valence-corrected chi connectivity index (χ1v) is 5.02. The van der Waals surface area contributed by atoms with Crippen LogP contribution in [0.5, 0.6) is 0 Å². The van der Waals surface area contributed by atoms with Crippen LogP contribution in [-0.2, 0) is 0 Å². The molecule has 0 aromatic heterocycles. The van der Waals surface area contributed by atoms with E-state index in [-0.39, 0.29) is 12.6 Å². The van der Waals surface area contributed by atoms with Crippen molar-refractivity contribution in [1.82, 2.24) is 5.32 Å².